The second-order valence-electron chi connectivity index (χ2n) is 25.1. The molecule has 6 atom stereocenters. The van der Waals surface area contributed by atoms with Crippen molar-refractivity contribution in [2.24, 2.45) is 17.8 Å². The van der Waals surface area contributed by atoms with Crippen molar-refractivity contribution in [2.45, 2.75) is 330 Å². The highest BCUT2D eigenvalue weighted by Crippen LogP contribution is 2.45. The van der Waals surface area contributed by atoms with Crippen molar-refractivity contribution in [3.8, 4) is 0 Å². The van der Waals surface area contributed by atoms with E-state index in [0.717, 1.165) is 121 Å². The van der Waals surface area contributed by atoms with Crippen LogP contribution in [0.2, 0.25) is 0 Å². The molecule has 3 unspecified atom stereocenters. The van der Waals surface area contributed by atoms with Crippen molar-refractivity contribution in [1.82, 2.24) is 0 Å². The van der Waals surface area contributed by atoms with Crippen LogP contribution in [0.15, 0.2) is 24.3 Å². The van der Waals surface area contributed by atoms with Crippen LogP contribution in [0.5, 0.6) is 0 Å². The average molecular weight is 1280 g/mol. The molecule has 0 fully saturated rings. The molecule has 0 saturated heterocycles. The molecule has 0 aliphatic carbocycles. The van der Waals surface area contributed by atoms with E-state index in [2.05, 4.69) is 72.8 Å². The number of carbonyl (C=O) groups excluding carboxylic acids is 4. The summed E-state index contributed by atoms with van der Waals surface area (Å²) in [7, 11) is -9.91. The normalized spacial score (nSPS) is 14.8. The third-order valence-electron chi connectivity index (χ3n) is 15.4. The Morgan fingerprint density at radius 2 is 0.678 bits per heavy atom. The van der Waals surface area contributed by atoms with Gasteiger partial charge in [0.1, 0.15) is 19.3 Å². The fourth-order valence-electron chi connectivity index (χ4n) is 9.61. The number of allylic oxidation sites excluding steroid dienone is 4. The number of aliphatic hydroxyl groups is 1. The second-order valence-corrected chi connectivity index (χ2v) is 28.0. The van der Waals surface area contributed by atoms with Crippen LogP contribution in [0.25, 0.3) is 0 Å². The van der Waals surface area contributed by atoms with Crippen LogP contribution in [0.1, 0.15) is 312 Å². The Labute approximate surface area is 529 Å². The van der Waals surface area contributed by atoms with Crippen LogP contribution >= 0.6 is 15.6 Å². The van der Waals surface area contributed by atoms with E-state index in [1.165, 1.54) is 103 Å². The number of phosphoric ester groups is 2. The van der Waals surface area contributed by atoms with Gasteiger partial charge in [-0.3, -0.25) is 37.3 Å². The average Bonchev–Trinajstić information content (AvgIpc) is 3.65. The van der Waals surface area contributed by atoms with Crippen LogP contribution in [-0.4, -0.2) is 96.7 Å². The molecule has 87 heavy (non-hydrogen) atoms. The molecule has 3 N–H and O–H groups in total. The Balaban J connectivity index is 5.29. The SMILES string of the molecule is CCCCCC/C=C\C=C/CCCCCCCC(=O)O[C@H](COC(=O)CCCCCCCCC(C)CC)COP(=O)(O)OC[C@H](O)COP(=O)(O)OC[C@@H](COC(=O)CCCCCCCCCCC(C)C)OC(=O)CCCCCCCCCCC(C)C. The third-order valence-corrected chi connectivity index (χ3v) is 17.3. The van der Waals surface area contributed by atoms with Gasteiger partial charge in [0.25, 0.3) is 0 Å². The lowest BCUT2D eigenvalue weighted by atomic mass is 10.00. The molecule has 512 valence electrons. The summed E-state index contributed by atoms with van der Waals surface area (Å²) in [5.41, 5.74) is 0. The van der Waals surface area contributed by atoms with Crippen LogP contribution in [0.3, 0.4) is 0 Å². The zero-order chi connectivity index (χ0) is 64.5. The zero-order valence-electron chi connectivity index (χ0n) is 56.0. The second kappa shape index (κ2) is 58.6. The molecule has 0 rings (SSSR count). The van der Waals surface area contributed by atoms with Crippen molar-refractivity contribution < 1.29 is 80.2 Å². The summed E-state index contributed by atoms with van der Waals surface area (Å²) in [4.78, 5) is 72.4. The van der Waals surface area contributed by atoms with E-state index in [9.17, 15) is 43.2 Å². The van der Waals surface area contributed by atoms with Crippen molar-refractivity contribution in [3.63, 3.8) is 0 Å². The van der Waals surface area contributed by atoms with E-state index in [1.54, 1.807) is 0 Å². The fourth-order valence-corrected chi connectivity index (χ4v) is 11.2. The van der Waals surface area contributed by atoms with Gasteiger partial charge in [-0.15, -0.1) is 0 Å². The first kappa shape index (κ1) is 84.5. The minimum absolute atomic E-state index is 0.0835. The monoisotopic (exact) mass is 1280 g/mol. The highest BCUT2D eigenvalue weighted by Gasteiger charge is 2.30. The molecule has 0 saturated carbocycles. The summed E-state index contributed by atoms with van der Waals surface area (Å²) >= 11 is 0. The molecule has 19 heteroatoms. The lowest BCUT2D eigenvalue weighted by Crippen LogP contribution is -2.30. The maximum absolute atomic E-state index is 13.0. The van der Waals surface area contributed by atoms with E-state index in [-0.39, 0.29) is 25.7 Å². The van der Waals surface area contributed by atoms with Gasteiger partial charge in [-0.2, -0.15) is 0 Å². The van der Waals surface area contributed by atoms with Gasteiger partial charge in [-0.05, 0) is 69.1 Å². The number of hydrogen-bond donors (Lipinski definition) is 3. The lowest BCUT2D eigenvalue weighted by molar-refractivity contribution is -0.161. The molecule has 0 bridgehead atoms. The first-order valence-corrected chi connectivity index (χ1v) is 37.7. The van der Waals surface area contributed by atoms with Gasteiger partial charge in [0, 0.05) is 25.7 Å². The van der Waals surface area contributed by atoms with Gasteiger partial charge in [0.2, 0.25) is 0 Å². The molecule has 0 aromatic carbocycles. The van der Waals surface area contributed by atoms with E-state index >= 15 is 0 Å². The van der Waals surface area contributed by atoms with Gasteiger partial charge in [0.15, 0.2) is 12.2 Å². The molecule has 0 aliphatic rings. The van der Waals surface area contributed by atoms with E-state index in [0.29, 0.717) is 31.6 Å². The summed E-state index contributed by atoms with van der Waals surface area (Å²) in [6.45, 7) is 11.6. The number of ether oxygens (including phenoxy) is 4. The lowest BCUT2D eigenvalue weighted by Gasteiger charge is -2.21. The summed E-state index contributed by atoms with van der Waals surface area (Å²) in [5.74, 6) is 0.00502. The van der Waals surface area contributed by atoms with E-state index in [1.807, 2.05) is 0 Å². The third kappa shape index (κ3) is 60.9. The number of hydrogen-bond acceptors (Lipinski definition) is 15. The van der Waals surface area contributed by atoms with Gasteiger partial charge in [-0.25, -0.2) is 9.13 Å². The number of unbranched alkanes of at least 4 members (excludes halogenated alkanes) is 28. The number of rotatable bonds is 64. The van der Waals surface area contributed by atoms with Gasteiger partial charge >= 0.3 is 39.5 Å². The van der Waals surface area contributed by atoms with Crippen molar-refractivity contribution in [2.75, 3.05) is 39.6 Å². The Morgan fingerprint density at radius 1 is 0.379 bits per heavy atom. The topological polar surface area (TPSA) is 237 Å². The van der Waals surface area contributed by atoms with Gasteiger partial charge < -0.3 is 33.8 Å². The fraction of sp³-hybridized carbons (Fsp3) is 0.882. The van der Waals surface area contributed by atoms with E-state index < -0.39 is 97.5 Å². The van der Waals surface area contributed by atoms with Crippen LogP contribution in [0, 0.1) is 17.8 Å². The molecule has 0 aromatic rings. The Morgan fingerprint density at radius 3 is 1.02 bits per heavy atom. The molecular formula is C68H128O17P2. The number of phosphoric acid groups is 2. The minimum Gasteiger partial charge on any atom is -0.462 e. The molecule has 0 aliphatic heterocycles. The predicted molar refractivity (Wildman–Crippen MR) is 349 cm³/mol. The summed E-state index contributed by atoms with van der Waals surface area (Å²) in [5, 5.41) is 10.6. The van der Waals surface area contributed by atoms with Gasteiger partial charge in [-0.1, -0.05) is 259 Å². The Hall–Kier alpha value is -2.46. The molecule has 0 spiro atoms. The molecule has 0 amide bonds. The number of aliphatic hydroxyl groups excluding tert-OH is 1. The molecule has 17 nitrogen and oxygen atoms in total. The van der Waals surface area contributed by atoms with Gasteiger partial charge in [0.05, 0.1) is 26.4 Å². The smallest absolute Gasteiger partial charge is 0.462 e. The zero-order valence-corrected chi connectivity index (χ0v) is 57.7. The van der Waals surface area contributed by atoms with Crippen molar-refractivity contribution in [1.29, 1.82) is 0 Å². The summed E-state index contributed by atoms with van der Waals surface area (Å²) in [6, 6.07) is 0. The van der Waals surface area contributed by atoms with Crippen LogP contribution in [0.4, 0.5) is 0 Å². The van der Waals surface area contributed by atoms with E-state index in [4.69, 9.17) is 37.0 Å². The summed E-state index contributed by atoms with van der Waals surface area (Å²) in [6.07, 6.45) is 44.0. The van der Waals surface area contributed by atoms with Crippen LogP contribution < -0.4 is 0 Å². The summed E-state index contributed by atoms with van der Waals surface area (Å²) < 4.78 is 68.1. The maximum Gasteiger partial charge on any atom is 0.472 e. The highest BCUT2D eigenvalue weighted by molar-refractivity contribution is 7.47. The van der Waals surface area contributed by atoms with Crippen molar-refractivity contribution in [3.05, 3.63) is 24.3 Å². The number of carbonyl (C=O) groups is 4. The number of esters is 4. The quantitative estimate of drug-likeness (QED) is 0.0169. The predicted octanol–water partition coefficient (Wildman–Crippen LogP) is 18.6. The molecule has 0 heterocycles. The first-order chi connectivity index (χ1) is 41.8. The molecule has 0 aromatic heterocycles. The minimum atomic E-state index is -4.96. The molecular weight excluding hydrogens is 1150 g/mol. The Kier molecular flexibility index (Phi) is 57.0. The van der Waals surface area contributed by atoms with Crippen molar-refractivity contribution >= 4 is 39.5 Å². The largest absolute Gasteiger partial charge is 0.472 e. The van der Waals surface area contributed by atoms with Crippen LogP contribution in [-0.2, 0) is 65.4 Å². The maximum atomic E-state index is 13.0. The Bertz CT molecular complexity index is 1810. The standard InChI is InChI=1S/C68H128O17P2/c1-8-10-11-12-13-14-15-16-17-18-19-20-28-37-44-51-67(72)84-64(56-79-66(71)50-43-36-31-30-34-41-48-61(7)9-2)58-83-87(76,77)81-54-62(69)53-80-86(74,75)82-57-63(85-68(73)52-45-38-29-24-22-26-33-40-47-60(5)6)55-78-65(70)49-42-35-27-23-21-25-32-39-46-59(3)4/h14-17,59-64,69H,8-13,18-58H2,1-7H3,(H,74,75)(H,76,77)/b15-14-,17-16-/t61?,62-,63-,64-/m1/s1. The first-order valence-electron chi connectivity index (χ1n) is 34.7. The molecule has 0 radical (unpaired) electrons. The highest BCUT2D eigenvalue weighted by atomic mass is 31.2.